The predicted octanol–water partition coefficient (Wildman–Crippen LogP) is 3.59. The van der Waals surface area contributed by atoms with Crippen molar-refractivity contribution in [1.29, 1.82) is 0 Å². The minimum atomic E-state index is -0.989. The molecule has 3 aliphatic rings. The maximum Gasteiger partial charge on any atom is 0.264 e. The molecule has 6 rings (SSSR count). The molecule has 4 heterocycles. The second-order valence-electron chi connectivity index (χ2n) is 12.7. The van der Waals surface area contributed by atoms with Gasteiger partial charge in [-0.2, -0.15) is 9.61 Å². The summed E-state index contributed by atoms with van der Waals surface area (Å²) >= 11 is 0. The van der Waals surface area contributed by atoms with E-state index in [1.807, 2.05) is 10.6 Å². The van der Waals surface area contributed by atoms with Crippen molar-refractivity contribution in [3.63, 3.8) is 0 Å². The first-order valence-corrected chi connectivity index (χ1v) is 16.8. The van der Waals surface area contributed by atoms with Crippen LogP contribution >= 0.6 is 0 Å². The Labute approximate surface area is 273 Å². The summed E-state index contributed by atoms with van der Waals surface area (Å²) in [6.45, 7) is 2.74. The van der Waals surface area contributed by atoms with E-state index in [0.29, 0.717) is 18.7 Å². The average molecular weight is 643 g/mol. The third kappa shape index (κ3) is 7.13. The number of benzene rings is 1. The van der Waals surface area contributed by atoms with Gasteiger partial charge in [-0.1, -0.05) is 32.3 Å². The number of imide groups is 2. The molecule has 3 aromatic rings. The lowest BCUT2D eigenvalue weighted by Gasteiger charge is -2.27. The SMILES string of the molecule is CCCc1cc(N[C@@H]2CC[C@@H](NC(=O)CCCCCCNc3cccc4c3C(=O)N(C3CCC(=O)NC3=O)C4=O)C2)n2nccc2n1. The number of carbonyl (C=O) groups is 5. The topological polar surface area (TPSA) is 167 Å². The lowest BCUT2D eigenvalue weighted by atomic mass is 10.0. The number of amides is 5. The number of hydrogen-bond donors (Lipinski definition) is 4. The van der Waals surface area contributed by atoms with Gasteiger partial charge in [-0.15, -0.1) is 0 Å². The monoisotopic (exact) mass is 642 g/mol. The van der Waals surface area contributed by atoms with Crippen LogP contribution in [0.2, 0.25) is 0 Å². The Bertz CT molecular complexity index is 1690. The molecule has 2 fully saturated rings. The van der Waals surface area contributed by atoms with Gasteiger partial charge in [-0.3, -0.25) is 34.2 Å². The Morgan fingerprint density at radius 2 is 1.83 bits per heavy atom. The molecular formula is C34H42N8O5. The zero-order valence-corrected chi connectivity index (χ0v) is 26.7. The first-order valence-electron chi connectivity index (χ1n) is 16.8. The minimum absolute atomic E-state index is 0.0814. The van der Waals surface area contributed by atoms with Crippen molar-refractivity contribution in [3.05, 3.63) is 53.3 Å². The summed E-state index contributed by atoms with van der Waals surface area (Å²) in [5.41, 5.74) is 2.97. The second kappa shape index (κ2) is 14.3. The van der Waals surface area contributed by atoms with Crippen LogP contribution in [0.1, 0.15) is 104 Å². The summed E-state index contributed by atoms with van der Waals surface area (Å²) in [7, 11) is 0. The van der Waals surface area contributed by atoms with E-state index in [0.717, 1.165) is 79.8 Å². The van der Waals surface area contributed by atoms with Crippen LogP contribution in [-0.2, 0) is 20.8 Å². The summed E-state index contributed by atoms with van der Waals surface area (Å²) in [5.74, 6) is -1.04. The van der Waals surface area contributed by atoms with Crippen LogP contribution in [0.25, 0.3) is 5.65 Å². The zero-order chi connectivity index (χ0) is 32.9. The van der Waals surface area contributed by atoms with Gasteiger partial charge in [0, 0.05) is 55.0 Å². The molecular weight excluding hydrogens is 600 g/mol. The fraction of sp³-hybridized carbons (Fsp3) is 0.500. The molecule has 1 aromatic carbocycles. The molecule has 4 N–H and O–H groups in total. The summed E-state index contributed by atoms with van der Waals surface area (Å²) in [4.78, 5) is 68.5. The molecule has 1 saturated carbocycles. The van der Waals surface area contributed by atoms with E-state index < -0.39 is 29.7 Å². The van der Waals surface area contributed by atoms with E-state index in [1.165, 1.54) is 0 Å². The van der Waals surface area contributed by atoms with Gasteiger partial charge in [0.25, 0.3) is 11.8 Å². The Balaban J connectivity index is 0.894. The Hall–Kier alpha value is -4.81. The molecule has 0 spiro atoms. The minimum Gasteiger partial charge on any atom is -0.384 e. The van der Waals surface area contributed by atoms with Crippen LogP contribution in [0.5, 0.6) is 0 Å². The third-order valence-electron chi connectivity index (χ3n) is 9.18. The maximum atomic E-state index is 13.2. The average Bonchev–Trinajstić information content (AvgIpc) is 3.76. The van der Waals surface area contributed by atoms with E-state index in [2.05, 4.69) is 44.3 Å². The number of anilines is 2. The standard InChI is InChI=1S/C34H42N8O5/c1-2-8-21-20-28(42-27(37-21)16-18-36-42)38-22-12-13-23(19-22)39-29(43)11-5-3-4-6-17-35-25-10-7-9-24-31(25)34(47)41(33(24)46)26-14-15-30(44)40-32(26)45/h7,9-10,16,18,20,22-23,26,35,38H,2-6,8,11-15,17,19H2,1H3,(H,39,43)(H,40,44,45)/t22-,23-,26?/m1/s1. The van der Waals surface area contributed by atoms with Crippen LogP contribution < -0.4 is 21.3 Å². The lowest BCUT2D eigenvalue weighted by molar-refractivity contribution is -0.136. The predicted molar refractivity (Wildman–Crippen MR) is 175 cm³/mol. The van der Waals surface area contributed by atoms with E-state index >= 15 is 0 Å². The molecule has 2 aromatic heterocycles. The second-order valence-corrected chi connectivity index (χ2v) is 12.7. The van der Waals surface area contributed by atoms with Gasteiger partial charge in [0.1, 0.15) is 11.9 Å². The highest BCUT2D eigenvalue weighted by atomic mass is 16.2. The van der Waals surface area contributed by atoms with E-state index in [9.17, 15) is 24.0 Å². The normalized spacial score (nSPS) is 20.9. The Kier molecular flexibility index (Phi) is 9.79. The first kappa shape index (κ1) is 32.1. The molecule has 248 valence electrons. The van der Waals surface area contributed by atoms with Crippen molar-refractivity contribution in [2.24, 2.45) is 0 Å². The molecule has 13 heteroatoms. The smallest absolute Gasteiger partial charge is 0.264 e. The number of nitrogens with one attached hydrogen (secondary N) is 4. The highest BCUT2D eigenvalue weighted by Crippen LogP contribution is 2.32. The number of aromatic nitrogens is 3. The zero-order valence-electron chi connectivity index (χ0n) is 26.7. The van der Waals surface area contributed by atoms with E-state index in [-0.39, 0.29) is 42.0 Å². The van der Waals surface area contributed by atoms with Crippen LogP contribution in [0.4, 0.5) is 11.5 Å². The van der Waals surface area contributed by atoms with Gasteiger partial charge in [0.15, 0.2) is 5.65 Å². The molecule has 5 amide bonds. The number of rotatable bonds is 14. The number of aryl methyl sites for hydroxylation is 1. The van der Waals surface area contributed by atoms with Crippen molar-refractivity contribution < 1.29 is 24.0 Å². The van der Waals surface area contributed by atoms with Gasteiger partial charge in [-0.05, 0) is 57.1 Å². The summed E-state index contributed by atoms with van der Waals surface area (Å²) in [6.07, 6.45) is 10.6. The van der Waals surface area contributed by atoms with Crippen LogP contribution in [0.15, 0.2) is 36.5 Å². The quantitative estimate of drug-likeness (QED) is 0.152. The van der Waals surface area contributed by atoms with Crippen molar-refractivity contribution in [1.82, 2.24) is 30.1 Å². The third-order valence-corrected chi connectivity index (χ3v) is 9.18. The van der Waals surface area contributed by atoms with Crippen molar-refractivity contribution in [2.75, 3.05) is 17.2 Å². The van der Waals surface area contributed by atoms with E-state index in [4.69, 9.17) is 0 Å². The van der Waals surface area contributed by atoms with Crippen LogP contribution in [-0.4, -0.2) is 73.7 Å². The summed E-state index contributed by atoms with van der Waals surface area (Å²) in [6, 6.07) is 8.47. The van der Waals surface area contributed by atoms with E-state index in [1.54, 1.807) is 24.4 Å². The number of unbranched alkanes of at least 4 members (excludes halogenated alkanes) is 3. The van der Waals surface area contributed by atoms with Gasteiger partial charge >= 0.3 is 0 Å². The Morgan fingerprint density at radius 3 is 2.66 bits per heavy atom. The van der Waals surface area contributed by atoms with Gasteiger partial charge in [0.2, 0.25) is 17.7 Å². The molecule has 1 aliphatic carbocycles. The molecule has 0 radical (unpaired) electrons. The first-order chi connectivity index (χ1) is 22.8. The summed E-state index contributed by atoms with van der Waals surface area (Å²) in [5, 5.41) is 16.8. The fourth-order valence-electron chi connectivity index (χ4n) is 6.85. The van der Waals surface area contributed by atoms with Crippen molar-refractivity contribution in [2.45, 2.75) is 102 Å². The van der Waals surface area contributed by atoms with Gasteiger partial charge in [-0.25, -0.2) is 4.98 Å². The number of carbonyl (C=O) groups excluding carboxylic acids is 5. The molecule has 13 nitrogen and oxygen atoms in total. The molecule has 47 heavy (non-hydrogen) atoms. The fourth-order valence-corrected chi connectivity index (χ4v) is 6.85. The van der Waals surface area contributed by atoms with Crippen molar-refractivity contribution >= 4 is 46.7 Å². The molecule has 2 aliphatic heterocycles. The number of nitrogens with zero attached hydrogens (tertiary/aromatic N) is 4. The molecule has 1 saturated heterocycles. The molecule has 1 unspecified atom stereocenters. The van der Waals surface area contributed by atoms with Crippen molar-refractivity contribution in [3.8, 4) is 0 Å². The summed E-state index contributed by atoms with van der Waals surface area (Å²) < 4.78 is 1.84. The Morgan fingerprint density at radius 1 is 1.00 bits per heavy atom. The number of hydrogen-bond acceptors (Lipinski definition) is 9. The largest absolute Gasteiger partial charge is 0.384 e. The van der Waals surface area contributed by atoms with Gasteiger partial charge in [0.05, 0.1) is 17.3 Å². The number of fused-ring (bicyclic) bond motifs is 2. The lowest BCUT2D eigenvalue weighted by Crippen LogP contribution is -2.54. The number of piperidine rings is 1. The van der Waals surface area contributed by atoms with Crippen LogP contribution in [0.3, 0.4) is 0 Å². The van der Waals surface area contributed by atoms with Crippen LogP contribution in [0, 0.1) is 0 Å². The highest BCUT2D eigenvalue weighted by molar-refractivity contribution is 6.25. The molecule has 0 bridgehead atoms. The van der Waals surface area contributed by atoms with Gasteiger partial charge < -0.3 is 16.0 Å². The molecule has 3 atom stereocenters. The maximum absolute atomic E-state index is 13.2. The highest BCUT2D eigenvalue weighted by Gasteiger charge is 2.45.